The van der Waals surface area contributed by atoms with Gasteiger partial charge in [-0.3, -0.25) is 4.79 Å². The Kier molecular flexibility index (Phi) is 7.51. The molecular weight excluding hydrogens is 416 g/mol. The van der Waals surface area contributed by atoms with Crippen LogP contribution in [-0.4, -0.2) is 59.7 Å². The summed E-state index contributed by atoms with van der Waals surface area (Å²) in [6.45, 7) is 8.35. The van der Waals surface area contributed by atoms with Gasteiger partial charge in [-0.15, -0.1) is 0 Å². The van der Waals surface area contributed by atoms with Crippen molar-refractivity contribution in [2.24, 2.45) is 46.3 Å². The minimum absolute atomic E-state index is 0.112. The maximum atomic E-state index is 12.2. The Morgan fingerprint density at radius 1 is 1.03 bits per heavy atom. The van der Waals surface area contributed by atoms with E-state index in [9.17, 15) is 20.1 Å². The van der Waals surface area contributed by atoms with E-state index in [1.54, 1.807) is 0 Å². The van der Waals surface area contributed by atoms with Gasteiger partial charge in [-0.05, 0) is 105 Å². The minimum atomic E-state index is -0.363. The molecule has 0 heterocycles. The number of rotatable bonds is 7. The molecule has 5 unspecified atom stereocenters. The smallest absolute Gasteiger partial charge is 0.220 e. The Morgan fingerprint density at radius 2 is 1.79 bits per heavy atom. The molecule has 0 saturated heterocycles. The number of aliphatic hydroxyl groups is 3. The van der Waals surface area contributed by atoms with Gasteiger partial charge in [-0.2, -0.15) is 0 Å². The third-order valence-electron chi connectivity index (χ3n) is 11.0. The molecule has 0 aromatic rings. The van der Waals surface area contributed by atoms with Crippen LogP contribution in [0, 0.1) is 46.3 Å². The number of hydrogen-bond acceptors (Lipinski definition) is 5. The molecule has 0 radical (unpaired) electrons. The molecule has 1 amide bonds. The first kappa shape index (κ1) is 25.4. The van der Waals surface area contributed by atoms with Crippen molar-refractivity contribution in [3.8, 4) is 0 Å². The zero-order valence-corrected chi connectivity index (χ0v) is 21.2. The fourth-order valence-corrected chi connectivity index (χ4v) is 9.11. The Bertz CT molecular complexity index is 704. The van der Waals surface area contributed by atoms with Crippen molar-refractivity contribution in [2.45, 2.75) is 96.9 Å². The van der Waals surface area contributed by atoms with Gasteiger partial charge in [-0.25, -0.2) is 0 Å². The molecule has 4 aliphatic carbocycles. The lowest BCUT2D eigenvalue weighted by Crippen LogP contribution is -2.62. The number of hydrogen-bond donors (Lipinski definition) is 5. The molecule has 6 nitrogen and oxygen atoms in total. The largest absolute Gasteiger partial charge is 0.393 e. The summed E-state index contributed by atoms with van der Waals surface area (Å²) in [6.07, 6.45) is 6.81. The molecule has 4 aliphatic rings. The first-order valence-electron chi connectivity index (χ1n) is 13.6. The van der Waals surface area contributed by atoms with Crippen molar-refractivity contribution >= 4 is 5.91 Å². The second kappa shape index (κ2) is 9.75. The van der Waals surface area contributed by atoms with Crippen LogP contribution in [0.2, 0.25) is 0 Å². The van der Waals surface area contributed by atoms with Crippen molar-refractivity contribution in [2.75, 3.05) is 20.1 Å². The first-order chi connectivity index (χ1) is 15.6. The van der Waals surface area contributed by atoms with E-state index in [1.165, 1.54) is 0 Å². The van der Waals surface area contributed by atoms with E-state index in [2.05, 4.69) is 31.4 Å². The second-order valence-corrected chi connectivity index (χ2v) is 12.5. The summed E-state index contributed by atoms with van der Waals surface area (Å²) in [6, 6.07) is 0. The van der Waals surface area contributed by atoms with E-state index < -0.39 is 0 Å². The van der Waals surface area contributed by atoms with Crippen LogP contribution in [0.3, 0.4) is 0 Å². The summed E-state index contributed by atoms with van der Waals surface area (Å²) in [7, 11) is 1.88. The maximum absolute atomic E-state index is 12.2. The molecule has 0 aromatic carbocycles. The zero-order chi connectivity index (χ0) is 24.0. The Morgan fingerprint density at radius 3 is 2.52 bits per heavy atom. The van der Waals surface area contributed by atoms with Gasteiger partial charge in [0.25, 0.3) is 0 Å². The number of amides is 1. The van der Waals surface area contributed by atoms with Gasteiger partial charge in [-0.1, -0.05) is 20.8 Å². The van der Waals surface area contributed by atoms with E-state index >= 15 is 0 Å². The molecule has 11 atom stereocenters. The first-order valence-corrected chi connectivity index (χ1v) is 13.6. The van der Waals surface area contributed by atoms with Crippen LogP contribution in [0.5, 0.6) is 0 Å². The van der Waals surface area contributed by atoms with Gasteiger partial charge in [0, 0.05) is 19.5 Å². The SMILES string of the molecule is CNCCNC(=O)CC[C@@H](C)[C@H]1CCC2C3C(O)CC4C[C@H](O)CC[C@]4(C)C3C[C@H](O)[C@@]21C. The highest BCUT2D eigenvalue weighted by molar-refractivity contribution is 5.75. The van der Waals surface area contributed by atoms with E-state index in [0.717, 1.165) is 57.9 Å². The summed E-state index contributed by atoms with van der Waals surface area (Å²) >= 11 is 0. The molecule has 0 aromatic heterocycles. The number of aliphatic hydroxyl groups excluding tert-OH is 3. The van der Waals surface area contributed by atoms with E-state index in [-0.39, 0.29) is 41.0 Å². The predicted octanol–water partition coefficient (Wildman–Crippen LogP) is 2.70. The molecule has 0 aliphatic heterocycles. The molecule has 4 rings (SSSR count). The maximum Gasteiger partial charge on any atom is 0.220 e. The van der Waals surface area contributed by atoms with Crippen molar-refractivity contribution in [3.63, 3.8) is 0 Å². The molecule has 5 N–H and O–H groups in total. The summed E-state index contributed by atoms with van der Waals surface area (Å²) in [5.74, 6) is 2.14. The Balaban J connectivity index is 1.47. The number of likely N-dealkylation sites (N-methyl/N-ethyl adjacent to an activating group) is 1. The number of nitrogens with one attached hydrogen (secondary N) is 2. The second-order valence-electron chi connectivity index (χ2n) is 12.5. The molecule has 0 bridgehead atoms. The van der Waals surface area contributed by atoms with Crippen LogP contribution in [0.15, 0.2) is 0 Å². The zero-order valence-electron chi connectivity index (χ0n) is 21.2. The quantitative estimate of drug-likeness (QED) is 0.373. The molecule has 4 fully saturated rings. The van der Waals surface area contributed by atoms with E-state index in [0.29, 0.717) is 42.6 Å². The molecule has 190 valence electrons. The molecule has 6 heteroatoms. The number of carbonyl (C=O) groups excluding carboxylic acids is 1. The standard InChI is InChI=1S/C27H48N2O4/c1-16(5-8-24(33)29-12-11-28-4)19-6-7-20-25-21(15-23(32)27(19,20)3)26(2)10-9-18(30)13-17(26)14-22(25)31/h16-23,25,28,30-32H,5-15H2,1-4H3,(H,29,33)/t16-,17?,18-,19-,20?,21?,22?,23+,25?,26+,27-/m1/s1. The predicted molar refractivity (Wildman–Crippen MR) is 129 cm³/mol. The third-order valence-corrected chi connectivity index (χ3v) is 11.0. The number of carbonyl (C=O) groups is 1. The van der Waals surface area contributed by atoms with Crippen molar-refractivity contribution in [1.29, 1.82) is 0 Å². The average molecular weight is 465 g/mol. The van der Waals surface area contributed by atoms with Gasteiger partial charge in [0.05, 0.1) is 18.3 Å². The topological polar surface area (TPSA) is 102 Å². The fourth-order valence-electron chi connectivity index (χ4n) is 9.11. The van der Waals surface area contributed by atoms with Crippen LogP contribution >= 0.6 is 0 Å². The lowest BCUT2D eigenvalue weighted by molar-refractivity contribution is -0.207. The summed E-state index contributed by atoms with van der Waals surface area (Å²) in [5.41, 5.74) is -0.0812. The van der Waals surface area contributed by atoms with Gasteiger partial charge < -0.3 is 26.0 Å². The normalized spacial score (nSPS) is 47.8. The molecular formula is C27H48N2O4. The van der Waals surface area contributed by atoms with Gasteiger partial charge >= 0.3 is 0 Å². The third kappa shape index (κ3) is 4.39. The Hall–Kier alpha value is -0.690. The molecule has 4 saturated carbocycles. The molecule has 0 spiro atoms. The van der Waals surface area contributed by atoms with Crippen LogP contribution in [0.1, 0.15) is 78.6 Å². The minimum Gasteiger partial charge on any atom is -0.393 e. The summed E-state index contributed by atoms with van der Waals surface area (Å²) < 4.78 is 0. The summed E-state index contributed by atoms with van der Waals surface area (Å²) in [5, 5.41) is 39.3. The highest BCUT2D eigenvalue weighted by Gasteiger charge is 2.65. The van der Waals surface area contributed by atoms with Crippen LogP contribution in [0.25, 0.3) is 0 Å². The number of fused-ring (bicyclic) bond motifs is 5. The van der Waals surface area contributed by atoms with Gasteiger partial charge in [0.2, 0.25) is 5.91 Å². The highest BCUT2D eigenvalue weighted by Crippen LogP contribution is 2.68. The van der Waals surface area contributed by atoms with E-state index in [1.807, 2.05) is 7.05 Å². The lowest BCUT2D eigenvalue weighted by atomic mass is 9.43. The van der Waals surface area contributed by atoms with Crippen LogP contribution in [0.4, 0.5) is 0 Å². The van der Waals surface area contributed by atoms with Crippen LogP contribution < -0.4 is 10.6 Å². The van der Waals surface area contributed by atoms with Gasteiger partial charge in [0.15, 0.2) is 0 Å². The van der Waals surface area contributed by atoms with E-state index in [4.69, 9.17) is 0 Å². The average Bonchev–Trinajstić information content (AvgIpc) is 3.13. The van der Waals surface area contributed by atoms with Gasteiger partial charge in [0.1, 0.15) is 0 Å². The highest BCUT2D eigenvalue weighted by atomic mass is 16.3. The fraction of sp³-hybridized carbons (Fsp3) is 0.963. The lowest BCUT2D eigenvalue weighted by Gasteiger charge is -2.63. The van der Waals surface area contributed by atoms with Crippen molar-refractivity contribution in [1.82, 2.24) is 10.6 Å². The summed E-state index contributed by atoms with van der Waals surface area (Å²) in [4.78, 5) is 12.2. The van der Waals surface area contributed by atoms with Crippen LogP contribution in [-0.2, 0) is 4.79 Å². The molecule has 33 heavy (non-hydrogen) atoms. The monoisotopic (exact) mass is 464 g/mol. The van der Waals surface area contributed by atoms with Crippen molar-refractivity contribution in [3.05, 3.63) is 0 Å². The Labute approximate surface area is 200 Å². The van der Waals surface area contributed by atoms with Crippen molar-refractivity contribution < 1.29 is 20.1 Å².